The van der Waals surface area contributed by atoms with Gasteiger partial charge in [0.25, 0.3) is 5.69 Å². The van der Waals surface area contributed by atoms with Crippen LogP contribution in [0.5, 0.6) is 0 Å². The number of nitro benzene ring substituents is 1. The smallest absolute Gasteiger partial charge is 0.305 e. The molecule has 1 amide bonds. The highest BCUT2D eigenvalue weighted by Gasteiger charge is 2.32. The molecule has 0 spiro atoms. The standard InChI is InChI=1S/C19H16N4O5S2/c24-17(25)9-16-18(26)21-19(30-16)22-20-10-13-6-7-15(14(8-13)23(27)28)29-11-12-4-2-1-3-5-12/h1-8,10,16H,9,11H2,(H,24,25)(H,21,22,26). The summed E-state index contributed by atoms with van der Waals surface area (Å²) in [6.07, 6.45) is 1.02. The molecule has 1 aliphatic heterocycles. The molecule has 0 radical (unpaired) electrons. The van der Waals surface area contributed by atoms with Crippen molar-refractivity contribution in [2.24, 2.45) is 10.2 Å². The van der Waals surface area contributed by atoms with Crippen LogP contribution in [0, 0.1) is 10.1 Å². The number of hydrogen-bond acceptors (Lipinski definition) is 8. The van der Waals surface area contributed by atoms with Crippen molar-refractivity contribution in [3.63, 3.8) is 0 Å². The van der Waals surface area contributed by atoms with Crippen LogP contribution in [0.3, 0.4) is 0 Å². The van der Waals surface area contributed by atoms with E-state index in [-0.39, 0.29) is 17.3 Å². The Kier molecular flexibility index (Phi) is 7.20. The van der Waals surface area contributed by atoms with Gasteiger partial charge in [-0.15, -0.1) is 16.9 Å². The van der Waals surface area contributed by atoms with Gasteiger partial charge in [-0.25, -0.2) is 0 Å². The van der Waals surface area contributed by atoms with Crippen LogP contribution in [0.25, 0.3) is 0 Å². The molecule has 1 atom stereocenters. The third-order valence-corrected chi connectivity index (χ3v) is 6.11. The van der Waals surface area contributed by atoms with Crippen molar-refractivity contribution in [3.05, 3.63) is 69.8 Å². The summed E-state index contributed by atoms with van der Waals surface area (Å²) in [6, 6.07) is 14.4. The minimum atomic E-state index is -1.08. The van der Waals surface area contributed by atoms with Crippen LogP contribution in [-0.2, 0) is 15.3 Å². The fourth-order valence-corrected chi connectivity index (χ4v) is 4.38. The van der Waals surface area contributed by atoms with E-state index in [1.165, 1.54) is 24.0 Å². The topological polar surface area (TPSA) is 134 Å². The van der Waals surface area contributed by atoms with E-state index in [4.69, 9.17) is 5.11 Å². The Bertz CT molecular complexity index is 1030. The number of aliphatic carboxylic acids is 1. The van der Waals surface area contributed by atoms with Crippen LogP contribution in [-0.4, -0.2) is 38.5 Å². The Morgan fingerprint density at radius 1 is 1.30 bits per heavy atom. The van der Waals surface area contributed by atoms with Crippen molar-refractivity contribution >= 4 is 52.5 Å². The quantitative estimate of drug-likeness (QED) is 0.276. The third-order valence-electron chi connectivity index (χ3n) is 3.91. The summed E-state index contributed by atoms with van der Waals surface area (Å²) in [5, 5.41) is 29.8. The molecule has 9 nitrogen and oxygen atoms in total. The lowest BCUT2D eigenvalue weighted by Crippen LogP contribution is -2.26. The lowest BCUT2D eigenvalue weighted by atomic mass is 10.2. The lowest BCUT2D eigenvalue weighted by Gasteiger charge is -2.04. The van der Waals surface area contributed by atoms with Gasteiger partial charge in [0.1, 0.15) is 5.25 Å². The number of carbonyl (C=O) groups is 2. The lowest BCUT2D eigenvalue weighted by molar-refractivity contribution is -0.387. The van der Waals surface area contributed by atoms with Gasteiger partial charge >= 0.3 is 5.97 Å². The van der Waals surface area contributed by atoms with Gasteiger partial charge in [0.15, 0.2) is 5.17 Å². The fourth-order valence-electron chi connectivity index (χ4n) is 2.51. The predicted octanol–water partition coefficient (Wildman–Crippen LogP) is 3.28. The monoisotopic (exact) mass is 444 g/mol. The first-order valence-electron chi connectivity index (χ1n) is 8.68. The van der Waals surface area contributed by atoms with E-state index in [0.29, 0.717) is 16.2 Å². The molecule has 0 saturated carbocycles. The SMILES string of the molecule is O=C(O)CC1SC(=NN=Cc2ccc(SCc3ccccc3)c([N+](=O)[O-])c2)NC1=O. The fraction of sp³-hybridized carbons (Fsp3) is 0.158. The van der Waals surface area contributed by atoms with Gasteiger partial charge in [0.2, 0.25) is 5.91 Å². The Morgan fingerprint density at radius 2 is 2.07 bits per heavy atom. The molecule has 1 heterocycles. The summed E-state index contributed by atoms with van der Waals surface area (Å²) < 4.78 is 0. The molecule has 154 valence electrons. The molecule has 2 aromatic rings. The van der Waals surface area contributed by atoms with E-state index in [9.17, 15) is 19.7 Å². The van der Waals surface area contributed by atoms with Crippen molar-refractivity contribution < 1.29 is 19.6 Å². The Morgan fingerprint density at radius 3 is 2.77 bits per heavy atom. The zero-order chi connectivity index (χ0) is 21.5. The van der Waals surface area contributed by atoms with Crippen LogP contribution < -0.4 is 5.32 Å². The Balaban J connectivity index is 1.68. The number of nitrogens with one attached hydrogen (secondary N) is 1. The van der Waals surface area contributed by atoms with Gasteiger partial charge < -0.3 is 10.4 Å². The van der Waals surface area contributed by atoms with Gasteiger partial charge in [0, 0.05) is 17.4 Å². The number of amides is 1. The number of benzene rings is 2. The first kappa shape index (κ1) is 21.5. The van der Waals surface area contributed by atoms with Crippen LogP contribution in [0.1, 0.15) is 17.5 Å². The highest BCUT2D eigenvalue weighted by molar-refractivity contribution is 8.15. The molecule has 1 unspecified atom stereocenters. The molecule has 0 aliphatic carbocycles. The normalized spacial score (nSPS) is 17.4. The second kappa shape index (κ2) is 10.0. The van der Waals surface area contributed by atoms with E-state index in [2.05, 4.69) is 15.5 Å². The van der Waals surface area contributed by atoms with Crippen LogP contribution in [0.2, 0.25) is 0 Å². The molecule has 0 bridgehead atoms. The maximum atomic E-state index is 11.7. The molecular weight excluding hydrogens is 428 g/mol. The zero-order valence-electron chi connectivity index (χ0n) is 15.4. The van der Waals surface area contributed by atoms with Crippen molar-refractivity contribution in [3.8, 4) is 0 Å². The number of hydrogen-bond donors (Lipinski definition) is 2. The maximum Gasteiger partial charge on any atom is 0.305 e. The molecule has 3 rings (SSSR count). The first-order valence-corrected chi connectivity index (χ1v) is 10.5. The van der Waals surface area contributed by atoms with Gasteiger partial charge in [-0.3, -0.25) is 19.7 Å². The molecule has 1 fully saturated rings. The highest BCUT2D eigenvalue weighted by atomic mass is 32.2. The number of thioether (sulfide) groups is 2. The molecule has 2 aromatic carbocycles. The number of carbonyl (C=O) groups excluding carboxylic acids is 1. The molecule has 1 aliphatic rings. The number of rotatable bonds is 8. The molecule has 2 N–H and O–H groups in total. The number of carboxylic acids is 1. The van der Waals surface area contributed by atoms with Crippen molar-refractivity contribution in [2.45, 2.75) is 22.3 Å². The largest absolute Gasteiger partial charge is 0.481 e. The second-order valence-corrected chi connectivity index (χ2v) is 8.31. The van der Waals surface area contributed by atoms with Crippen LogP contribution in [0.4, 0.5) is 5.69 Å². The van der Waals surface area contributed by atoms with Gasteiger partial charge in [0.05, 0.1) is 22.5 Å². The maximum absolute atomic E-state index is 11.7. The molecule has 0 aromatic heterocycles. The number of nitrogens with zero attached hydrogens (tertiary/aromatic N) is 3. The second-order valence-electron chi connectivity index (χ2n) is 6.10. The number of carboxylic acid groups (broad SMARTS) is 1. The molecule has 1 saturated heterocycles. The summed E-state index contributed by atoms with van der Waals surface area (Å²) in [6.45, 7) is 0. The number of nitro groups is 1. The summed E-state index contributed by atoms with van der Waals surface area (Å²) in [4.78, 5) is 33.9. The van der Waals surface area contributed by atoms with E-state index < -0.39 is 22.0 Å². The third kappa shape index (κ3) is 5.91. The summed E-state index contributed by atoms with van der Waals surface area (Å²) in [7, 11) is 0. The molecule has 11 heteroatoms. The predicted molar refractivity (Wildman–Crippen MR) is 116 cm³/mol. The van der Waals surface area contributed by atoms with E-state index in [1.807, 2.05) is 30.3 Å². The van der Waals surface area contributed by atoms with Crippen molar-refractivity contribution in [1.29, 1.82) is 0 Å². The van der Waals surface area contributed by atoms with Gasteiger partial charge in [-0.05, 0) is 11.6 Å². The van der Waals surface area contributed by atoms with Gasteiger partial charge in [-0.2, -0.15) is 5.10 Å². The van der Waals surface area contributed by atoms with E-state index >= 15 is 0 Å². The van der Waals surface area contributed by atoms with E-state index in [1.54, 1.807) is 12.1 Å². The van der Waals surface area contributed by atoms with Crippen LogP contribution in [0.15, 0.2) is 63.6 Å². The van der Waals surface area contributed by atoms with Gasteiger partial charge in [-0.1, -0.05) is 48.2 Å². The summed E-state index contributed by atoms with van der Waals surface area (Å²) in [5.41, 5.74) is 1.51. The van der Waals surface area contributed by atoms with E-state index in [0.717, 1.165) is 17.3 Å². The summed E-state index contributed by atoms with van der Waals surface area (Å²) in [5.74, 6) is -0.909. The highest BCUT2D eigenvalue weighted by Crippen LogP contribution is 2.32. The summed E-state index contributed by atoms with van der Waals surface area (Å²) >= 11 is 2.35. The van der Waals surface area contributed by atoms with Crippen molar-refractivity contribution in [1.82, 2.24) is 5.32 Å². The van der Waals surface area contributed by atoms with Crippen LogP contribution >= 0.6 is 23.5 Å². The Labute approximate surface area is 179 Å². The first-order chi connectivity index (χ1) is 14.4. The molecular formula is C19H16N4O5S2. The molecule has 30 heavy (non-hydrogen) atoms. The average molecular weight is 444 g/mol. The van der Waals surface area contributed by atoms with Crippen molar-refractivity contribution in [2.75, 3.05) is 0 Å². The minimum absolute atomic E-state index is 0.0300. The zero-order valence-corrected chi connectivity index (χ0v) is 17.1. The average Bonchev–Trinajstić information content (AvgIpc) is 3.06. The minimum Gasteiger partial charge on any atom is -0.481 e. The number of amidine groups is 1. The Hall–Kier alpha value is -3.18.